The van der Waals surface area contributed by atoms with Crippen LogP contribution in [0.1, 0.15) is 44.0 Å². The first-order valence-corrected chi connectivity index (χ1v) is 11.9. The third-order valence-electron chi connectivity index (χ3n) is 6.47. The van der Waals surface area contributed by atoms with Crippen LogP contribution in [0, 0.1) is 0 Å². The zero-order valence-electron chi connectivity index (χ0n) is 20.1. The third kappa shape index (κ3) is 5.14. The summed E-state index contributed by atoms with van der Waals surface area (Å²) < 4.78 is 11.6. The number of halogens is 1. The number of carbonyl (C=O) groups is 2. The van der Waals surface area contributed by atoms with Gasteiger partial charge in [0.25, 0.3) is 5.91 Å². The zero-order chi connectivity index (χ0) is 23.9. The molecule has 1 atom stereocenters. The van der Waals surface area contributed by atoms with Gasteiger partial charge in [0.15, 0.2) is 0 Å². The maximum absolute atomic E-state index is 13.7. The summed E-state index contributed by atoms with van der Waals surface area (Å²) in [4.78, 5) is 38.7. The highest BCUT2D eigenvalue weighted by Gasteiger charge is 2.40. The minimum atomic E-state index is -0.572. The van der Waals surface area contributed by atoms with Crippen molar-refractivity contribution in [3.63, 3.8) is 0 Å². The first-order chi connectivity index (χ1) is 15.5. The van der Waals surface area contributed by atoms with Crippen molar-refractivity contribution in [1.82, 2.24) is 19.7 Å². The molecule has 0 radical (unpaired) electrons. The Morgan fingerprint density at radius 3 is 2.55 bits per heavy atom. The lowest BCUT2D eigenvalue weighted by atomic mass is 10.0. The van der Waals surface area contributed by atoms with E-state index in [1.54, 1.807) is 15.9 Å². The van der Waals surface area contributed by atoms with Crippen molar-refractivity contribution in [2.75, 3.05) is 58.3 Å². The molecular formula is C23H34ClN5O4. The number of amides is 2. The number of hydrogen-bond donors (Lipinski definition) is 0. The van der Waals surface area contributed by atoms with Crippen LogP contribution in [0.25, 0.3) is 0 Å². The molecule has 3 aliphatic heterocycles. The van der Waals surface area contributed by atoms with Crippen molar-refractivity contribution >= 4 is 29.4 Å². The van der Waals surface area contributed by atoms with Gasteiger partial charge in [-0.3, -0.25) is 4.79 Å². The summed E-state index contributed by atoms with van der Waals surface area (Å²) in [5.41, 5.74) is -0.103. The van der Waals surface area contributed by atoms with E-state index in [-0.39, 0.29) is 24.6 Å². The van der Waals surface area contributed by atoms with Crippen molar-refractivity contribution in [3.05, 3.63) is 16.8 Å². The highest BCUT2D eigenvalue weighted by atomic mass is 35.5. The van der Waals surface area contributed by atoms with Gasteiger partial charge in [-0.15, -0.1) is 0 Å². The lowest BCUT2D eigenvalue weighted by Gasteiger charge is -2.40. The maximum Gasteiger partial charge on any atom is 0.410 e. The minimum absolute atomic E-state index is 0.120. The second-order valence-corrected chi connectivity index (χ2v) is 10.6. The van der Waals surface area contributed by atoms with Crippen LogP contribution in [0.15, 0.2) is 6.07 Å². The molecule has 4 rings (SSSR count). The Morgan fingerprint density at radius 2 is 1.91 bits per heavy atom. The number of carbonyl (C=O) groups excluding carboxylic acids is 2. The number of piperidine rings is 1. The SMILES string of the molecule is CN(C)C1CCN(c2nc(Cl)cc3c2C(=O)N2CCN(C(=O)OC(C)(C)C)C[C@@H]2CO3)CC1. The van der Waals surface area contributed by atoms with Crippen molar-refractivity contribution in [3.8, 4) is 5.75 Å². The van der Waals surface area contributed by atoms with Gasteiger partial charge < -0.3 is 29.1 Å². The number of fused-ring (bicyclic) bond motifs is 2. The van der Waals surface area contributed by atoms with Gasteiger partial charge in [-0.2, -0.15) is 0 Å². The van der Waals surface area contributed by atoms with Crippen LogP contribution in [-0.4, -0.2) is 103 Å². The fourth-order valence-corrected chi connectivity index (χ4v) is 4.88. The summed E-state index contributed by atoms with van der Waals surface area (Å²) >= 11 is 6.34. The smallest absolute Gasteiger partial charge is 0.410 e. The fraction of sp³-hybridized carbons (Fsp3) is 0.696. The molecule has 2 amide bonds. The summed E-state index contributed by atoms with van der Waals surface area (Å²) in [6.07, 6.45) is 1.61. The third-order valence-corrected chi connectivity index (χ3v) is 6.66. The molecule has 9 nitrogen and oxygen atoms in total. The summed E-state index contributed by atoms with van der Waals surface area (Å²) in [5.74, 6) is 0.933. The second kappa shape index (κ2) is 9.18. The van der Waals surface area contributed by atoms with Crippen LogP contribution in [0.5, 0.6) is 5.75 Å². The van der Waals surface area contributed by atoms with Gasteiger partial charge in [-0.1, -0.05) is 11.6 Å². The van der Waals surface area contributed by atoms with E-state index in [9.17, 15) is 9.59 Å². The molecule has 33 heavy (non-hydrogen) atoms. The quantitative estimate of drug-likeness (QED) is 0.603. The van der Waals surface area contributed by atoms with Crippen molar-refractivity contribution in [2.24, 2.45) is 0 Å². The molecule has 1 aromatic rings. The van der Waals surface area contributed by atoms with Crippen LogP contribution in [0.2, 0.25) is 5.15 Å². The largest absolute Gasteiger partial charge is 0.490 e. The van der Waals surface area contributed by atoms with Crippen molar-refractivity contribution in [1.29, 1.82) is 0 Å². The Morgan fingerprint density at radius 1 is 1.21 bits per heavy atom. The molecule has 2 fully saturated rings. The van der Waals surface area contributed by atoms with E-state index >= 15 is 0 Å². The van der Waals surface area contributed by atoms with Gasteiger partial charge in [0.05, 0.1) is 6.04 Å². The van der Waals surface area contributed by atoms with E-state index in [0.29, 0.717) is 48.0 Å². The van der Waals surface area contributed by atoms with Crippen LogP contribution >= 0.6 is 11.6 Å². The highest BCUT2D eigenvalue weighted by Crippen LogP contribution is 2.36. The molecule has 1 aromatic heterocycles. The van der Waals surface area contributed by atoms with Gasteiger partial charge in [-0.05, 0) is 47.7 Å². The Kier molecular flexibility index (Phi) is 6.64. The molecule has 3 aliphatic rings. The van der Waals surface area contributed by atoms with Gasteiger partial charge >= 0.3 is 6.09 Å². The summed E-state index contributed by atoms with van der Waals surface area (Å²) in [7, 11) is 4.19. The number of rotatable bonds is 2. The monoisotopic (exact) mass is 479 g/mol. The van der Waals surface area contributed by atoms with E-state index in [1.807, 2.05) is 20.8 Å². The molecule has 0 bridgehead atoms. The van der Waals surface area contributed by atoms with Crippen LogP contribution in [0.4, 0.5) is 10.6 Å². The summed E-state index contributed by atoms with van der Waals surface area (Å²) in [6.45, 7) is 8.59. The molecule has 182 valence electrons. The number of nitrogens with zero attached hydrogens (tertiary/aromatic N) is 5. The molecule has 2 saturated heterocycles. The Hall–Kier alpha value is -2.26. The van der Waals surface area contributed by atoms with Crippen LogP contribution < -0.4 is 9.64 Å². The first-order valence-electron chi connectivity index (χ1n) is 11.6. The number of anilines is 1. The van der Waals surface area contributed by atoms with E-state index in [1.165, 1.54) is 0 Å². The van der Waals surface area contributed by atoms with E-state index < -0.39 is 5.60 Å². The summed E-state index contributed by atoms with van der Waals surface area (Å²) in [5, 5.41) is 0.307. The molecule has 4 heterocycles. The van der Waals surface area contributed by atoms with E-state index in [2.05, 4.69) is 28.9 Å². The fourth-order valence-electron chi connectivity index (χ4n) is 4.70. The predicted octanol–water partition coefficient (Wildman–Crippen LogP) is 2.72. The molecule has 0 saturated carbocycles. The molecule has 0 N–H and O–H groups in total. The predicted molar refractivity (Wildman–Crippen MR) is 126 cm³/mol. The van der Waals surface area contributed by atoms with Crippen LogP contribution in [0.3, 0.4) is 0 Å². The van der Waals surface area contributed by atoms with Crippen molar-refractivity contribution < 1.29 is 19.1 Å². The molecular weight excluding hydrogens is 446 g/mol. The Labute approximate surface area is 200 Å². The standard InChI is InChI=1S/C23H34ClN5O4/c1-23(2,3)33-22(31)28-10-11-29-16(13-28)14-32-17-12-18(24)25-20(19(17)21(29)30)27-8-6-15(7-9-27)26(4)5/h12,15-16H,6-11,13-14H2,1-5H3/t16-/m1/s1. The zero-order valence-corrected chi connectivity index (χ0v) is 20.9. The lowest BCUT2D eigenvalue weighted by molar-refractivity contribution is 0.000953. The molecule has 0 aromatic carbocycles. The lowest BCUT2D eigenvalue weighted by Crippen LogP contribution is -2.58. The van der Waals surface area contributed by atoms with Gasteiger partial charge in [0, 0.05) is 44.8 Å². The minimum Gasteiger partial charge on any atom is -0.490 e. The average molecular weight is 480 g/mol. The molecule has 0 spiro atoms. The van der Waals surface area contributed by atoms with Crippen molar-refractivity contribution in [2.45, 2.75) is 51.3 Å². The van der Waals surface area contributed by atoms with E-state index in [4.69, 9.17) is 21.1 Å². The van der Waals surface area contributed by atoms with Gasteiger partial charge in [-0.25, -0.2) is 9.78 Å². The number of piperazine rings is 1. The summed E-state index contributed by atoms with van der Waals surface area (Å²) in [6, 6.07) is 1.86. The number of ether oxygens (including phenoxy) is 2. The molecule has 10 heteroatoms. The Bertz CT molecular complexity index is 911. The highest BCUT2D eigenvalue weighted by molar-refractivity contribution is 6.30. The topological polar surface area (TPSA) is 78.5 Å². The van der Waals surface area contributed by atoms with E-state index in [0.717, 1.165) is 25.9 Å². The normalized spacial score (nSPS) is 22.0. The maximum atomic E-state index is 13.7. The van der Waals surface area contributed by atoms with Gasteiger partial charge in [0.2, 0.25) is 0 Å². The number of pyridine rings is 1. The average Bonchev–Trinajstić information content (AvgIpc) is 2.88. The first kappa shape index (κ1) is 23.9. The van der Waals surface area contributed by atoms with Crippen LogP contribution in [-0.2, 0) is 4.74 Å². The molecule has 0 aliphatic carbocycles. The second-order valence-electron chi connectivity index (χ2n) is 10.2. The number of hydrogen-bond acceptors (Lipinski definition) is 7. The number of aromatic nitrogens is 1. The Balaban J connectivity index is 1.55. The van der Waals surface area contributed by atoms with Gasteiger partial charge in [0.1, 0.15) is 34.5 Å². The molecule has 0 unspecified atom stereocenters.